The highest BCUT2D eigenvalue weighted by Crippen LogP contribution is 2.46. The highest BCUT2D eigenvalue weighted by molar-refractivity contribution is 5.78. The molecule has 2 aromatic rings. The summed E-state index contributed by atoms with van der Waals surface area (Å²) in [5.41, 5.74) is 0.893. The van der Waals surface area contributed by atoms with Crippen molar-refractivity contribution in [2.75, 3.05) is 53.0 Å². The van der Waals surface area contributed by atoms with Crippen LogP contribution in [0.4, 0.5) is 13.2 Å². The topological polar surface area (TPSA) is 66.9 Å². The van der Waals surface area contributed by atoms with Crippen LogP contribution >= 0.6 is 0 Å². The maximum atomic E-state index is 14.5. The zero-order chi connectivity index (χ0) is 24.1. The highest BCUT2D eigenvalue weighted by Gasteiger charge is 2.41. The molecule has 184 valence electrons. The van der Waals surface area contributed by atoms with Crippen molar-refractivity contribution in [1.82, 2.24) is 20.1 Å². The Labute approximate surface area is 196 Å². The van der Waals surface area contributed by atoms with E-state index in [9.17, 15) is 18.0 Å². The molecular weight excluding hydrogens is 449 g/mol. The third-order valence-electron chi connectivity index (χ3n) is 6.25. The molecule has 0 spiro atoms. The largest absolute Gasteiger partial charge is 0.486 e. The van der Waals surface area contributed by atoms with E-state index < -0.39 is 17.6 Å². The van der Waals surface area contributed by atoms with E-state index in [2.05, 4.69) is 15.2 Å². The quantitative estimate of drug-likeness (QED) is 0.529. The molecule has 34 heavy (non-hydrogen) atoms. The zero-order valence-corrected chi connectivity index (χ0v) is 19.1. The number of carbonyl (C=O) groups is 1. The Hall–Kier alpha value is -2.69. The number of piperazine rings is 1. The molecule has 1 saturated heterocycles. The number of hydrogen-bond donors (Lipinski definition) is 1. The predicted octanol–water partition coefficient (Wildman–Crippen LogP) is 2.31. The van der Waals surface area contributed by atoms with Gasteiger partial charge in [0.2, 0.25) is 11.9 Å². The first-order chi connectivity index (χ1) is 16.4. The highest BCUT2D eigenvalue weighted by atomic mass is 19.1. The first kappa shape index (κ1) is 24.4. The predicted molar refractivity (Wildman–Crippen MR) is 119 cm³/mol. The summed E-state index contributed by atoms with van der Waals surface area (Å²) in [5.74, 6) is -2.37. The lowest BCUT2D eigenvalue weighted by atomic mass is 10.1. The second-order valence-corrected chi connectivity index (χ2v) is 8.63. The fourth-order valence-electron chi connectivity index (χ4n) is 4.23. The number of ether oxygens (including phenoxy) is 2. The van der Waals surface area contributed by atoms with Crippen molar-refractivity contribution in [3.8, 4) is 5.75 Å². The molecule has 1 amide bonds. The van der Waals surface area contributed by atoms with Crippen LogP contribution in [0.15, 0.2) is 30.5 Å². The SMILES string of the molecule is COCCN1CCN(C(=O)CN[C@@H]2C[C@H]2c2cc(F)cc(F)c2OCc2ccnc(F)c2)CC1. The van der Waals surface area contributed by atoms with Crippen LogP contribution in [0.3, 0.4) is 0 Å². The van der Waals surface area contributed by atoms with E-state index in [0.29, 0.717) is 37.2 Å². The van der Waals surface area contributed by atoms with Crippen molar-refractivity contribution in [3.63, 3.8) is 0 Å². The summed E-state index contributed by atoms with van der Waals surface area (Å²) in [6, 6.07) is 4.72. The van der Waals surface area contributed by atoms with Crippen LogP contribution in [-0.2, 0) is 16.1 Å². The lowest BCUT2D eigenvalue weighted by Crippen LogP contribution is -2.51. The van der Waals surface area contributed by atoms with Crippen LogP contribution in [0.2, 0.25) is 0 Å². The molecule has 2 fully saturated rings. The number of aromatic nitrogens is 1. The number of pyridine rings is 1. The fourth-order valence-corrected chi connectivity index (χ4v) is 4.23. The number of hydrogen-bond acceptors (Lipinski definition) is 6. The Balaban J connectivity index is 1.30. The van der Waals surface area contributed by atoms with Crippen molar-refractivity contribution in [2.24, 2.45) is 0 Å². The number of methoxy groups -OCH3 is 1. The van der Waals surface area contributed by atoms with Gasteiger partial charge in [-0.15, -0.1) is 0 Å². The van der Waals surface area contributed by atoms with E-state index in [-0.39, 0.29) is 36.8 Å². The van der Waals surface area contributed by atoms with Gasteiger partial charge in [0.1, 0.15) is 12.4 Å². The van der Waals surface area contributed by atoms with Crippen LogP contribution < -0.4 is 10.1 Å². The molecule has 10 heteroatoms. The number of rotatable bonds is 10. The van der Waals surface area contributed by atoms with Crippen molar-refractivity contribution in [1.29, 1.82) is 0 Å². The second kappa shape index (κ2) is 11.2. The summed E-state index contributed by atoms with van der Waals surface area (Å²) < 4.78 is 52.5. The van der Waals surface area contributed by atoms with Crippen molar-refractivity contribution >= 4 is 5.91 Å². The smallest absolute Gasteiger partial charge is 0.236 e. The average Bonchev–Trinajstić information content (AvgIpc) is 3.60. The van der Waals surface area contributed by atoms with E-state index in [1.54, 1.807) is 13.2 Å². The molecule has 0 bridgehead atoms. The van der Waals surface area contributed by atoms with Crippen LogP contribution in [0, 0.1) is 17.6 Å². The Kier molecular flexibility index (Phi) is 8.02. The summed E-state index contributed by atoms with van der Waals surface area (Å²) in [5, 5.41) is 3.21. The monoisotopic (exact) mass is 478 g/mol. The Morgan fingerprint density at radius 3 is 2.71 bits per heavy atom. The molecule has 0 unspecified atom stereocenters. The van der Waals surface area contributed by atoms with E-state index in [4.69, 9.17) is 9.47 Å². The molecule has 1 aromatic carbocycles. The summed E-state index contributed by atoms with van der Waals surface area (Å²) in [4.78, 5) is 20.2. The number of nitrogens with one attached hydrogen (secondary N) is 1. The van der Waals surface area contributed by atoms with Crippen LogP contribution in [0.1, 0.15) is 23.5 Å². The van der Waals surface area contributed by atoms with E-state index in [0.717, 1.165) is 25.7 Å². The average molecular weight is 479 g/mol. The maximum Gasteiger partial charge on any atom is 0.236 e. The third-order valence-corrected chi connectivity index (χ3v) is 6.25. The zero-order valence-electron chi connectivity index (χ0n) is 19.1. The molecule has 1 saturated carbocycles. The fraction of sp³-hybridized carbons (Fsp3) is 0.500. The third kappa shape index (κ3) is 6.25. The molecule has 2 atom stereocenters. The number of benzene rings is 1. The second-order valence-electron chi connectivity index (χ2n) is 8.63. The van der Waals surface area contributed by atoms with Crippen LogP contribution in [0.25, 0.3) is 0 Å². The molecule has 1 aliphatic carbocycles. The number of amides is 1. The minimum atomic E-state index is -0.808. The van der Waals surface area contributed by atoms with Gasteiger partial charge in [0.05, 0.1) is 13.2 Å². The van der Waals surface area contributed by atoms with Gasteiger partial charge in [0.25, 0.3) is 0 Å². The summed E-state index contributed by atoms with van der Waals surface area (Å²) in [6.07, 6.45) is 1.94. The lowest BCUT2D eigenvalue weighted by molar-refractivity contribution is -0.132. The Morgan fingerprint density at radius 2 is 1.97 bits per heavy atom. The van der Waals surface area contributed by atoms with E-state index in [1.807, 2.05) is 4.90 Å². The van der Waals surface area contributed by atoms with Gasteiger partial charge >= 0.3 is 0 Å². The lowest BCUT2D eigenvalue weighted by Gasteiger charge is -2.34. The summed E-state index contributed by atoms with van der Waals surface area (Å²) >= 11 is 0. The van der Waals surface area contributed by atoms with Crippen molar-refractivity contribution in [3.05, 3.63) is 59.2 Å². The maximum absolute atomic E-state index is 14.5. The molecule has 2 aliphatic rings. The van der Waals surface area contributed by atoms with Crippen LogP contribution in [-0.4, -0.2) is 79.7 Å². The van der Waals surface area contributed by atoms with Crippen molar-refractivity contribution in [2.45, 2.75) is 25.0 Å². The number of carbonyl (C=O) groups excluding carboxylic acids is 1. The molecular formula is C24H29F3N4O3. The van der Waals surface area contributed by atoms with Gasteiger partial charge in [-0.3, -0.25) is 9.69 Å². The minimum Gasteiger partial charge on any atom is -0.486 e. The molecule has 1 aliphatic heterocycles. The van der Waals surface area contributed by atoms with Gasteiger partial charge in [-0.05, 0) is 30.2 Å². The van der Waals surface area contributed by atoms with Gasteiger partial charge in [-0.2, -0.15) is 4.39 Å². The van der Waals surface area contributed by atoms with E-state index in [1.165, 1.54) is 18.3 Å². The van der Waals surface area contributed by atoms with Crippen LogP contribution in [0.5, 0.6) is 5.75 Å². The van der Waals surface area contributed by atoms with Gasteiger partial charge < -0.3 is 19.7 Å². The summed E-state index contributed by atoms with van der Waals surface area (Å²) in [7, 11) is 1.67. The standard InChI is InChI=1S/C24H29F3N4O3/c1-33-9-8-30-4-6-31(7-5-30)23(32)14-29-21-13-18(21)19-11-17(25)12-20(26)24(19)34-15-16-2-3-28-22(27)10-16/h2-3,10-12,18,21,29H,4-9,13-15H2,1H3/t18-,21+/m0/s1. The molecule has 7 nitrogen and oxygen atoms in total. The number of halogens is 3. The van der Waals surface area contributed by atoms with Gasteiger partial charge in [0.15, 0.2) is 11.6 Å². The molecule has 2 heterocycles. The normalized spacial score (nSPS) is 20.4. The Bertz CT molecular complexity index is 1000. The minimum absolute atomic E-state index is 0.0126. The molecule has 0 radical (unpaired) electrons. The molecule has 1 aromatic heterocycles. The first-order valence-corrected chi connectivity index (χ1v) is 11.4. The van der Waals surface area contributed by atoms with Gasteiger partial charge in [0, 0.05) is 69.6 Å². The van der Waals surface area contributed by atoms with E-state index >= 15 is 0 Å². The number of nitrogens with zero attached hydrogens (tertiary/aromatic N) is 3. The Morgan fingerprint density at radius 1 is 1.18 bits per heavy atom. The van der Waals surface area contributed by atoms with Crippen molar-refractivity contribution < 1.29 is 27.4 Å². The molecule has 1 N–H and O–H groups in total. The van der Waals surface area contributed by atoms with Gasteiger partial charge in [-0.1, -0.05) is 0 Å². The molecule has 4 rings (SSSR count). The summed E-state index contributed by atoms with van der Waals surface area (Å²) in [6.45, 7) is 4.58. The first-order valence-electron chi connectivity index (χ1n) is 11.4. The van der Waals surface area contributed by atoms with Gasteiger partial charge in [-0.25, -0.2) is 13.8 Å².